The van der Waals surface area contributed by atoms with Crippen LogP contribution in [0.4, 0.5) is 4.79 Å². The molecule has 0 aliphatic heterocycles. The predicted molar refractivity (Wildman–Crippen MR) is 65.7 cm³/mol. The van der Waals surface area contributed by atoms with E-state index in [2.05, 4.69) is 5.32 Å². The third-order valence-corrected chi connectivity index (χ3v) is 3.02. The Morgan fingerprint density at radius 3 is 2.18 bits per heavy atom. The number of nitrogens with one attached hydrogen (secondary N) is 1. The quantitative estimate of drug-likeness (QED) is 0.769. The van der Waals surface area contributed by atoms with Gasteiger partial charge in [-0.05, 0) is 39.5 Å². The Morgan fingerprint density at radius 2 is 1.88 bits per heavy atom. The molecule has 1 rings (SSSR count). The number of amides is 1. The molecule has 0 bridgehead atoms. The molecule has 17 heavy (non-hydrogen) atoms. The average Bonchev–Trinajstić information content (AvgIpc) is 2.91. The Hall–Kier alpha value is -1.06. The van der Waals surface area contributed by atoms with E-state index in [0.717, 1.165) is 19.1 Å². The van der Waals surface area contributed by atoms with Crippen molar-refractivity contribution in [3.05, 3.63) is 0 Å². The fraction of sp³-hybridized carbons (Fsp3) is 0.846. The van der Waals surface area contributed by atoms with E-state index in [-0.39, 0.29) is 17.4 Å². The van der Waals surface area contributed by atoms with Gasteiger partial charge in [-0.15, -0.1) is 0 Å². The maximum absolute atomic E-state index is 11.7. The summed E-state index contributed by atoms with van der Waals surface area (Å²) in [4.78, 5) is 22.8. The van der Waals surface area contributed by atoms with E-state index in [1.807, 2.05) is 34.6 Å². The Bertz CT molecular complexity index is 300. The van der Waals surface area contributed by atoms with Crippen LogP contribution >= 0.6 is 0 Å². The highest BCUT2D eigenvalue weighted by molar-refractivity contribution is 5.71. The molecule has 1 saturated carbocycles. The molecule has 0 aromatic carbocycles. The monoisotopic (exact) mass is 241 g/mol. The van der Waals surface area contributed by atoms with E-state index in [1.54, 1.807) is 0 Å². The number of ether oxygens (including phenoxy) is 1. The van der Waals surface area contributed by atoms with Crippen LogP contribution in [0.25, 0.3) is 0 Å². The Balaban J connectivity index is 2.63. The number of rotatable bonds is 4. The van der Waals surface area contributed by atoms with Gasteiger partial charge in [-0.25, -0.2) is 4.79 Å². The minimum Gasteiger partial charge on any atom is -0.444 e. The lowest BCUT2D eigenvalue weighted by Crippen LogP contribution is -2.47. The van der Waals surface area contributed by atoms with Gasteiger partial charge in [-0.3, -0.25) is 0 Å². The number of hydrogen-bond acceptors (Lipinski definition) is 3. The fourth-order valence-corrected chi connectivity index (χ4v) is 2.06. The van der Waals surface area contributed by atoms with Gasteiger partial charge in [0.05, 0.1) is 0 Å². The predicted octanol–water partition coefficient (Wildman–Crippen LogP) is 2.51. The first-order valence-corrected chi connectivity index (χ1v) is 6.16. The summed E-state index contributed by atoms with van der Waals surface area (Å²) in [6.07, 6.45) is 2.25. The second kappa shape index (κ2) is 4.67. The Labute approximate surface area is 103 Å². The molecule has 0 saturated heterocycles. The van der Waals surface area contributed by atoms with Crippen molar-refractivity contribution in [1.29, 1.82) is 0 Å². The minimum atomic E-state index is -0.510. The van der Waals surface area contributed by atoms with Crippen molar-refractivity contribution >= 4 is 12.4 Å². The zero-order valence-electron chi connectivity index (χ0n) is 11.4. The number of carbonyl (C=O) groups is 2. The lowest BCUT2D eigenvalue weighted by atomic mass is 9.89. The summed E-state index contributed by atoms with van der Waals surface area (Å²) < 4.78 is 5.22. The summed E-state index contributed by atoms with van der Waals surface area (Å²) in [6.45, 7) is 9.48. The normalized spacial score (nSPS) is 19.6. The topological polar surface area (TPSA) is 55.4 Å². The highest BCUT2D eigenvalue weighted by Gasteiger charge is 2.51. The van der Waals surface area contributed by atoms with Crippen LogP contribution in [0.2, 0.25) is 0 Å². The van der Waals surface area contributed by atoms with Gasteiger partial charge in [-0.1, -0.05) is 13.8 Å². The highest BCUT2D eigenvalue weighted by Crippen LogP contribution is 2.48. The summed E-state index contributed by atoms with van der Waals surface area (Å²) in [5, 5.41) is 2.83. The van der Waals surface area contributed by atoms with E-state index in [0.29, 0.717) is 0 Å². The highest BCUT2D eigenvalue weighted by atomic mass is 16.6. The zero-order valence-corrected chi connectivity index (χ0v) is 11.4. The lowest BCUT2D eigenvalue weighted by Gasteiger charge is -2.29. The van der Waals surface area contributed by atoms with Gasteiger partial charge in [-0.2, -0.15) is 0 Å². The third-order valence-electron chi connectivity index (χ3n) is 3.02. The van der Waals surface area contributed by atoms with Gasteiger partial charge >= 0.3 is 6.09 Å². The molecule has 1 aliphatic carbocycles. The molecule has 0 spiro atoms. The SMILES string of the molecule is CC(C)C(NC(=O)OC(C)(C)C)C1(C=O)CC1. The summed E-state index contributed by atoms with van der Waals surface area (Å²) in [7, 11) is 0. The van der Waals surface area contributed by atoms with Gasteiger partial charge in [0, 0.05) is 11.5 Å². The van der Waals surface area contributed by atoms with Gasteiger partial charge in [0.15, 0.2) is 0 Å². The van der Waals surface area contributed by atoms with Crippen LogP contribution in [0.1, 0.15) is 47.5 Å². The molecule has 98 valence electrons. The molecular weight excluding hydrogens is 218 g/mol. The minimum absolute atomic E-state index is 0.130. The van der Waals surface area contributed by atoms with E-state index in [9.17, 15) is 9.59 Å². The Kier molecular flexibility index (Phi) is 3.84. The van der Waals surface area contributed by atoms with Crippen LogP contribution in [0.5, 0.6) is 0 Å². The van der Waals surface area contributed by atoms with Crippen molar-refractivity contribution in [2.75, 3.05) is 0 Å². The first-order chi connectivity index (χ1) is 7.70. The van der Waals surface area contributed by atoms with Gasteiger partial charge < -0.3 is 14.8 Å². The molecule has 1 aliphatic rings. The molecule has 0 aromatic rings. The van der Waals surface area contributed by atoms with Crippen molar-refractivity contribution in [2.24, 2.45) is 11.3 Å². The van der Waals surface area contributed by atoms with Crippen LogP contribution in [0.3, 0.4) is 0 Å². The second-order valence-corrected chi connectivity index (χ2v) is 6.22. The number of alkyl carbamates (subject to hydrolysis) is 1. The standard InChI is InChI=1S/C13H23NO3/c1-9(2)10(13(8-15)6-7-13)14-11(16)17-12(3,4)5/h8-10H,6-7H2,1-5H3,(H,14,16). The van der Waals surface area contributed by atoms with Crippen LogP contribution in [-0.4, -0.2) is 24.0 Å². The molecule has 1 N–H and O–H groups in total. The van der Waals surface area contributed by atoms with E-state index in [1.165, 1.54) is 0 Å². The molecule has 0 aromatic heterocycles. The molecule has 0 heterocycles. The zero-order chi connectivity index (χ0) is 13.3. The van der Waals surface area contributed by atoms with Gasteiger partial charge in [0.25, 0.3) is 0 Å². The van der Waals surface area contributed by atoms with E-state index < -0.39 is 11.7 Å². The first-order valence-electron chi connectivity index (χ1n) is 6.16. The van der Waals surface area contributed by atoms with Crippen molar-refractivity contribution in [3.8, 4) is 0 Å². The smallest absolute Gasteiger partial charge is 0.407 e. The van der Waals surface area contributed by atoms with E-state index >= 15 is 0 Å². The summed E-state index contributed by atoms with van der Waals surface area (Å²) in [6, 6.07) is -0.130. The number of aldehydes is 1. The van der Waals surface area contributed by atoms with Crippen LogP contribution < -0.4 is 5.32 Å². The summed E-state index contributed by atoms with van der Waals surface area (Å²) in [5.74, 6) is 0.218. The fourth-order valence-electron chi connectivity index (χ4n) is 2.06. The molecule has 1 fully saturated rings. The molecule has 1 atom stereocenters. The number of carbonyl (C=O) groups excluding carboxylic acids is 2. The third kappa shape index (κ3) is 3.72. The molecule has 0 radical (unpaired) electrons. The largest absolute Gasteiger partial charge is 0.444 e. The summed E-state index contributed by atoms with van der Waals surface area (Å²) >= 11 is 0. The molecule has 4 heteroatoms. The average molecular weight is 241 g/mol. The number of hydrogen-bond donors (Lipinski definition) is 1. The van der Waals surface area contributed by atoms with Crippen LogP contribution in [0.15, 0.2) is 0 Å². The second-order valence-electron chi connectivity index (χ2n) is 6.22. The van der Waals surface area contributed by atoms with Crippen molar-refractivity contribution in [1.82, 2.24) is 5.32 Å². The van der Waals surface area contributed by atoms with Crippen molar-refractivity contribution in [3.63, 3.8) is 0 Å². The van der Waals surface area contributed by atoms with Crippen molar-refractivity contribution in [2.45, 2.75) is 59.1 Å². The van der Waals surface area contributed by atoms with E-state index in [4.69, 9.17) is 4.74 Å². The molecule has 1 amide bonds. The van der Waals surface area contributed by atoms with Crippen molar-refractivity contribution < 1.29 is 14.3 Å². The maximum Gasteiger partial charge on any atom is 0.407 e. The molecule has 4 nitrogen and oxygen atoms in total. The lowest BCUT2D eigenvalue weighted by molar-refractivity contribution is -0.113. The Morgan fingerprint density at radius 1 is 1.35 bits per heavy atom. The van der Waals surface area contributed by atoms with Crippen LogP contribution in [0, 0.1) is 11.3 Å². The van der Waals surface area contributed by atoms with Gasteiger partial charge in [0.2, 0.25) is 0 Å². The summed E-state index contributed by atoms with van der Waals surface area (Å²) in [5.41, 5.74) is -0.866. The van der Waals surface area contributed by atoms with Gasteiger partial charge in [0.1, 0.15) is 11.9 Å². The van der Waals surface area contributed by atoms with Crippen LogP contribution in [-0.2, 0) is 9.53 Å². The molecule has 1 unspecified atom stereocenters. The molecular formula is C13H23NO3. The maximum atomic E-state index is 11.7. The first kappa shape index (κ1) is 14.0.